The van der Waals surface area contributed by atoms with Crippen molar-refractivity contribution >= 4 is 12.2 Å². The van der Waals surface area contributed by atoms with Gasteiger partial charge in [0.1, 0.15) is 31.3 Å². The maximum Gasteiger partial charge on any atom is 0.222 e. The third-order valence-electron chi connectivity index (χ3n) is 9.15. The Morgan fingerprint density at radius 1 is 0.714 bits per heavy atom. The number of nitrogens with zero attached hydrogens (tertiary/aromatic N) is 3. The van der Waals surface area contributed by atoms with Gasteiger partial charge in [0.15, 0.2) is 5.84 Å². The lowest BCUT2D eigenvalue weighted by Crippen LogP contribution is -2.51. The lowest BCUT2D eigenvalue weighted by Gasteiger charge is -2.35. The molecular weight excluding hydrogens is 616 g/mol. The summed E-state index contributed by atoms with van der Waals surface area (Å²) in [6.45, 7) is 3.57. The molecule has 3 heterocycles. The first-order valence-corrected chi connectivity index (χ1v) is 16.8. The van der Waals surface area contributed by atoms with E-state index in [4.69, 9.17) is 29.4 Å². The largest absolute Gasteiger partial charge is 0.382 e. The summed E-state index contributed by atoms with van der Waals surface area (Å²) in [5.74, 6) is -0.928. The minimum absolute atomic E-state index is 0.00300. The Labute approximate surface area is 287 Å². The molecule has 252 valence electrons. The van der Waals surface area contributed by atoms with E-state index in [-0.39, 0.29) is 25.2 Å². The molecule has 4 aromatic carbocycles. The van der Waals surface area contributed by atoms with Crippen molar-refractivity contribution in [2.75, 3.05) is 6.61 Å². The standard InChI is InChI=1S/C40H42N4O5/c1-29-22-34-39(41)42-28-43-44(34)35(29)36-37(46-24-31-16-8-3-9-17-31)38(47-25-32-18-10-4-11-19-32)40(49-36,48-26-33-20-12-5-13-21-33)27-45-23-30-14-6-2-7-15-30/h2-22,28-29,35-38H,23-27H2,1H3,(H2,41,42,43)/t29?,35?,36-,37-,38-,40+/m0/s1. The van der Waals surface area contributed by atoms with Crippen LogP contribution < -0.4 is 5.73 Å². The highest BCUT2D eigenvalue weighted by atomic mass is 16.8. The van der Waals surface area contributed by atoms with Gasteiger partial charge in [-0.15, -0.1) is 0 Å². The molecule has 7 rings (SSSR count). The van der Waals surface area contributed by atoms with E-state index in [1.807, 2.05) is 114 Å². The van der Waals surface area contributed by atoms with E-state index in [1.54, 1.807) is 0 Å². The molecule has 9 heteroatoms. The zero-order valence-electron chi connectivity index (χ0n) is 27.6. The molecule has 0 aromatic heterocycles. The zero-order valence-corrected chi connectivity index (χ0v) is 27.6. The van der Waals surface area contributed by atoms with E-state index in [0.717, 1.165) is 28.0 Å². The average Bonchev–Trinajstić information content (AvgIpc) is 3.64. The lowest BCUT2D eigenvalue weighted by atomic mass is 9.93. The summed E-state index contributed by atoms with van der Waals surface area (Å²) in [6, 6.07) is 40.1. The van der Waals surface area contributed by atoms with Crippen molar-refractivity contribution in [3.63, 3.8) is 0 Å². The minimum Gasteiger partial charge on any atom is -0.382 e. The van der Waals surface area contributed by atoms with Gasteiger partial charge in [0.05, 0.1) is 38.2 Å². The molecule has 9 nitrogen and oxygen atoms in total. The molecule has 0 bridgehead atoms. The highest BCUT2D eigenvalue weighted by Gasteiger charge is 2.62. The van der Waals surface area contributed by atoms with Gasteiger partial charge >= 0.3 is 0 Å². The fourth-order valence-electron chi connectivity index (χ4n) is 6.72. The molecule has 0 spiro atoms. The lowest BCUT2D eigenvalue weighted by molar-refractivity contribution is -0.298. The van der Waals surface area contributed by atoms with E-state index in [9.17, 15) is 0 Å². The van der Waals surface area contributed by atoms with Crippen molar-refractivity contribution < 1.29 is 23.7 Å². The summed E-state index contributed by atoms with van der Waals surface area (Å²) in [6.07, 6.45) is 1.77. The maximum absolute atomic E-state index is 7.22. The predicted octanol–water partition coefficient (Wildman–Crippen LogP) is 6.20. The van der Waals surface area contributed by atoms with Crippen LogP contribution in [-0.4, -0.2) is 53.9 Å². The molecule has 0 amide bonds. The molecule has 0 saturated carbocycles. The minimum atomic E-state index is -1.34. The van der Waals surface area contributed by atoms with Gasteiger partial charge in [-0.25, -0.2) is 4.99 Å². The van der Waals surface area contributed by atoms with Crippen LogP contribution in [0.15, 0.2) is 143 Å². The fraction of sp³-hybridized carbons (Fsp3) is 0.300. The van der Waals surface area contributed by atoms with Gasteiger partial charge in [-0.3, -0.25) is 5.01 Å². The number of hydrazone groups is 1. The monoisotopic (exact) mass is 658 g/mol. The first-order valence-electron chi connectivity index (χ1n) is 16.8. The molecule has 4 aromatic rings. The Morgan fingerprint density at radius 3 is 1.84 bits per heavy atom. The highest BCUT2D eigenvalue weighted by molar-refractivity contribution is 6.02. The molecule has 0 aliphatic carbocycles. The summed E-state index contributed by atoms with van der Waals surface area (Å²) in [5.41, 5.74) is 11.2. The van der Waals surface area contributed by atoms with Crippen LogP contribution in [0.4, 0.5) is 0 Å². The van der Waals surface area contributed by atoms with Crippen molar-refractivity contribution in [3.05, 3.63) is 155 Å². The van der Waals surface area contributed by atoms with E-state index >= 15 is 0 Å². The van der Waals surface area contributed by atoms with Gasteiger partial charge < -0.3 is 29.4 Å². The van der Waals surface area contributed by atoms with Crippen LogP contribution in [0.5, 0.6) is 0 Å². The SMILES string of the molecule is CC1C=C2C(N)=NC=NN2C1[C@@H]1O[C@@](COCc2ccccc2)(OCc2ccccc2)[C@@H](OCc2ccccc2)[C@H]1OCc1ccccc1. The topological polar surface area (TPSA) is 100 Å². The number of amidine groups is 1. The van der Waals surface area contributed by atoms with Crippen LogP contribution in [0.1, 0.15) is 29.2 Å². The first-order chi connectivity index (χ1) is 24.1. The second-order valence-electron chi connectivity index (χ2n) is 12.6. The normalized spacial score (nSPS) is 26.0. The second-order valence-corrected chi connectivity index (χ2v) is 12.6. The van der Waals surface area contributed by atoms with Crippen LogP contribution in [0, 0.1) is 5.92 Å². The quantitative estimate of drug-likeness (QED) is 0.172. The third kappa shape index (κ3) is 7.51. The van der Waals surface area contributed by atoms with Crippen molar-refractivity contribution in [3.8, 4) is 0 Å². The maximum atomic E-state index is 7.22. The van der Waals surface area contributed by atoms with Gasteiger partial charge in [0.2, 0.25) is 5.79 Å². The van der Waals surface area contributed by atoms with Crippen molar-refractivity contribution in [1.82, 2.24) is 5.01 Å². The van der Waals surface area contributed by atoms with Gasteiger partial charge in [0, 0.05) is 5.92 Å². The van der Waals surface area contributed by atoms with Gasteiger partial charge in [-0.2, -0.15) is 5.10 Å². The summed E-state index contributed by atoms with van der Waals surface area (Å²) in [5, 5.41) is 6.56. The molecule has 2 N–H and O–H groups in total. The van der Waals surface area contributed by atoms with Gasteiger partial charge in [-0.1, -0.05) is 134 Å². The fourth-order valence-corrected chi connectivity index (χ4v) is 6.72. The Hall–Kier alpha value is -4.64. The first kappa shape index (κ1) is 32.9. The number of fused-ring (bicyclic) bond motifs is 1. The molecule has 3 aliphatic heterocycles. The van der Waals surface area contributed by atoms with Crippen LogP contribution in [-0.2, 0) is 50.1 Å². The summed E-state index contributed by atoms with van der Waals surface area (Å²) in [7, 11) is 0. The van der Waals surface area contributed by atoms with Crippen molar-refractivity contribution in [2.45, 2.75) is 63.5 Å². The van der Waals surface area contributed by atoms with Crippen molar-refractivity contribution in [2.24, 2.45) is 21.7 Å². The summed E-state index contributed by atoms with van der Waals surface area (Å²) < 4.78 is 34.4. The highest BCUT2D eigenvalue weighted by Crippen LogP contribution is 2.45. The molecule has 1 fully saturated rings. The Balaban J connectivity index is 1.27. The average molecular weight is 659 g/mol. The van der Waals surface area contributed by atoms with Gasteiger partial charge in [-0.05, 0) is 22.3 Å². The predicted molar refractivity (Wildman–Crippen MR) is 188 cm³/mol. The Kier molecular flexibility index (Phi) is 10.3. The second kappa shape index (κ2) is 15.3. The van der Waals surface area contributed by atoms with E-state index in [2.05, 4.69) is 35.2 Å². The summed E-state index contributed by atoms with van der Waals surface area (Å²) in [4.78, 5) is 4.25. The number of ether oxygens (including phenoxy) is 5. The summed E-state index contributed by atoms with van der Waals surface area (Å²) >= 11 is 0. The molecule has 49 heavy (non-hydrogen) atoms. The molecule has 0 radical (unpaired) electrons. The molecule has 3 aliphatic rings. The molecule has 2 unspecified atom stereocenters. The van der Waals surface area contributed by atoms with E-state index < -0.39 is 24.1 Å². The number of aliphatic imine (C=N–C) groups is 1. The zero-order chi connectivity index (χ0) is 33.5. The smallest absolute Gasteiger partial charge is 0.222 e. The van der Waals surface area contributed by atoms with Crippen LogP contribution in [0.2, 0.25) is 0 Å². The van der Waals surface area contributed by atoms with E-state index in [1.165, 1.54) is 6.34 Å². The van der Waals surface area contributed by atoms with Crippen LogP contribution >= 0.6 is 0 Å². The molecular formula is C40H42N4O5. The Morgan fingerprint density at radius 2 is 1.24 bits per heavy atom. The number of benzene rings is 4. The van der Waals surface area contributed by atoms with Crippen LogP contribution in [0.3, 0.4) is 0 Å². The van der Waals surface area contributed by atoms with E-state index in [0.29, 0.717) is 25.7 Å². The number of nitrogens with two attached hydrogens (primary N) is 1. The van der Waals surface area contributed by atoms with Crippen molar-refractivity contribution in [1.29, 1.82) is 0 Å². The van der Waals surface area contributed by atoms with Crippen LogP contribution in [0.25, 0.3) is 0 Å². The molecule has 1 saturated heterocycles. The molecule has 6 atom stereocenters. The Bertz CT molecular complexity index is 1740. The third-order valence-corrected chi connectivity index (χ3v) is 9.15. The van der Waals surface area contributed by atoms with Gasteiger partial charge in [0.25, 0.3) is 0 Å². The number of rotatable bonds is 14. The number of hydrogen-bond donors (Lipinski definition) is 1. The number of hydrogen-bond acceptors (Lipinski definition) is 9.